The standard InChI is InChI=1S/C22H26Cl2N2O3/c1-4-20(22(28)25-5-2)26(14-17-18(23)7-6-8-19(17)24)21(27)13-15-9-11-16(29-3)12-10-15/h6-12,20H,4-5,13-14H2,1-3H3,(H,25,28). The number of ether oxygens (including phenoxy) is 1. The number of nitrogens with zero attached hydrogens (tertiary/aromatic N) is 1. The summed E-state index contributed by atoms with van der Waals surface area (Å²) >= 11 is 12.6. The maximum atomic E-state index is 13.2. The van der Waals surface area contributed by atoms with Crippen LogP contribution in [0.3, 0.4) is 0 Å². The number of carbonyl (C=O) groups is 2. The van der Waals surface area contributed by atoms with E-state index < -0.39 is 6.04 Å². The van der Waals surface area contributed by atoms with Crippen molar-refractivity contribution in [3.8, 4) is 5.75 Å². The van der Waals surface area contributed by atoms with Crippen LogP contribution in [0.4, 0.5) is 0 Å². The molecular formula is C22H26Cl2N2O3. The molecule has 0 aliphatic rings. The van der Waals surface area contributed by atoms with Crippen molar-refractivity contribution in [2.75, 3.05) is 13.7 Å². The second-order valence-corrected chi connectivity index (χ2v) is 7.38. The van der Waals surface area contributed by atoms with E-state index >= 15 is 0 Å². The van der Waals surface area contributed by atoms with Crippen molar-refractivity contribution >= 4 is 35.0 Å². The fraction of sp³-hybridized carbons (Fsp3) is 0.364. The summed E-state index contributed by atoms with van der Waals surface area (Å²) in [6.07, 6.45) is 0.629. The van der Waals surface area contributed by atoms with Crippen LogP contribution in [0.25, 0.3) is 0 Å². The first-order chi connectivity index (χ1) is 13.9. The first-order valence-electron chi connectivity index (χ1n) is 9.54. The fourth-order valence-electron chi connectivity index (χ4n) is 3.08. The van der Waals surface area contributed by atoms with E-state index in [1.165, 1.54) is 0 Å². The number of hydrogen-bond acceptors (Lipinski definition) is 3. The van der Waals surface area contributed by atoms with E-state index in [1.54, 1.807) is 42.3 Å². The molecule has 0 fully saturated rings. The van der Waals surface area contributed by atoms with Gasteiger partial charge in [-0.15, -0.1) is 0 Å². The maximum Gasteiger partial charge on any atom is 0.242 e. The number of hydrogen-bond donors (Lipinski definition) is 1. The number of likely N-dealkylation sites (N-methyl/N-ethyl adjacent to an activating group) is 1. The van der Waals surface area contributed by atoms with Crippen LogP contribution in [-0.2, 0) is 22.6 Å². The highest BCUT2D eigenvalue weighted by Gasteiger charge is 2.29. The lowest BCUT2D eigenvalue weighted by molar-refractivity contribution is -0.140. The van der Waals surface area contributed by atoms with Gasteiger partial charge in [-0.2, -0.15) is 0 Å². The SMILES string of the molecule is CCNC(=O)C(CC)N(Cc1c(Cl)cccc1Cl)C(=O)Cc1ccc(OC)cc1. The van der Waals surface area contributed by atoms with Crippen molar-refractivity contribution in [1.82, 2.24) is 10.2 Å². The summed E-state index contributed by atoms with van der Waals surface area (Å²) in [7, 11) is 1.59. The number of amides is 2. The molecule has 0 saturated carbocycles. The monoisotopic (exact) mass is 436 g/mol. The average Bonchev–Trinajstić information content (AvgIpc) is 2.70. The van der Waals surface area contributed by atoms with Crippen molar-refractivity contribution in [2.24, 2.45) is 0 Å². The Morgan fingerprint density at radius 2 is 1.69 bits per heavy atom. The van der Waals surface area contributed by atoms with E-state index in [0.29, 0.717) is 28.6 Å². The molecule has 0 saturated heterocycles. The Bertz CT molecular complexity index is 820. The lowest BCUT2D eigenvalue weighted by Crippen LogP contribution is -2.49. The zero-order chi connectivity index (χ0) is 21.4. The molecular weight excluding hydrogens is 411 g/mol. The Morgan fingerprint density at radius 1 is 1.07 bits per heavy atom. The molecule has 0 bridgehead atoms. The number of methoxy groups -OCH3 is 1. The molecule has 7 heteroatoms. The molecule has 2 aromatic carbocycles. The second kappa shape index (κ2) is 11.1. The highest BCUT2D eigenvalue weighted by atomic mass is 35.5. The number of benzene rings is 2. The summed E-state index contributed by atoms with van der Waals surface area (Å²) in [4.78, 5) is 27.4. The molecule has 0 aliphatic carbocycles. The topological polar surface area (TPSA) is 58.6 Å². The molecule has 0 spiro atoms. The Hall–Kier alpha value is -2.24. The van der Waals surface area contributed by atoms with Crippen LogP contribution in [0, 0.1) is 0 Å². The van der Waals surface area contributed by atoms with Gasteiger partial charge in [-0.3, -0.25) is 9.59 Å². The molecule has 5 nitrogen and oxygen atoms in total. The third-order valence-electron chi connectivity index (χ3n) is 4.64. The smallest absolute Gasteiger partial charge is 0.242 e. The number of halogens is 2. The van der Waals surface area contributed by atoms with Crippen LogP contribution in [0.1, 0.15) is 31.4 Å². The molecule has 1 N–H and O–H groups in total. The summed E-state index contributed by atoms with van der Waals surface area (Å²) in [6, 6.07) is 11.9. The van der Waals surface area contributed by atoms with Gasteiger partial charge in [-0.25, -0.2) is 0 Å². The van der Waals surface area contributed by atoms with Crippen LogP contribution >= 0.6 is 23.2 Å². The van der Waals surface area contributed by atoms with Gasteiger partial charge in [0, 0.05) is 28.7 Å². The Balaban J connectivity index is 2.33. The molecule has 0 radical (unpaired) electrons. The normalized spacial score (nSPS) is 11.6. The van der Waals surface area contributed by atoms with Gasteiger partial charge in [-0.05, 0) is 43.2 Å². The predicted molar refractivity (Wildman–Crippen MR) is 116 cm³/mol. The van der Waals surface area contributed by atoms with Crippen molar-refractivity contribution in [1.29, 1.82) is 0 Å². The van der Waals surface area contributed by atoms with Crippen LogP contribution in [-0.4, -0.2) is 36.4 Å². The van der Waals surface area contributed by atoms with Crippen LogP contribution in [0.15, 0.2) is 42.5 Å². The van der Waals surface area contributed by atoms with Crippen LogP contribution in [0.2, 0.25) is 10.0 Å². The third-order valence-corrected chi connectivity index (χ3v) is 5.35. The number of rotatable bonds is 9. The van der Waals surface area contributed by atoms with Crippen molar-refractivity contribution < 1.29 is 14.3 Å². The van der Waals surface area contributed by atoms with Crippen LogP contribution in [0.5, 0.6) is 5.75 Å². The van der Waals surface area contributed by atoms with Crippen molar-refractivity contribution in [3.63, 3.8) is 0 Å². The fourth-order valence-corrected chi connectivity index (χ4v) is 3.60. The van der Waals surface area contributed by atoms with Gasteiger partial charge in [0.25, 0.3) is 0 Å². The molecule has 2 amide bonds. The number of nitrogens with one attached hydrogen (secondary N) is 1. The lowest BCUT2D eigenvalue weighted by Gasteiger charge is -2.31. The zero-order valence-electron chi connectivity index (χ0n) is 16.9. The van der Waals surface area contributed by atoms with Gasteiger partial charge in [0.05, 0.1) is 13.5 Å². The van der Waals surface area contributed by atoms with Gasteiger partial charge >= 0.3 is 0 Å². The number of carbonyl (C=O) groups excluding carboxylic acids is 2. The molecule has 2 aromatic rings. The molecule has 2 rings (SSSR count). The molecule has 1 unspecified atom stereocenters. The summed E-state index contributed by atoms with van der Waals surface area (Å²) in [5.41, 5.74) is 1.46. The van der Waals surface area contributed by atoms with Gasteiger partial charge < -0.3 is 15.0 Å². The molecule has 0 aromatic heterocycles. The van der Waals surface area contributed by atoms with E-state index in [9.17, 15) is 9.59 Å². The van der Waals surface area contributed by atoms with E-state index in [4.69, 9.17) is 27.9 Å². The molecule has 0 aliphatic heterocycles. The van der Waals surface area contributed by atoms with Gasteiger partial charge in [0.2, 0.25) is 11.8 Å². The Morgan fingerprint density at radius 3 is 2.21 bits per heavy atom. The Kier molecular flexibility index (Phi) is 8.80. The first kappa shape index (κ1) is 23.0. The van der Waals surface area contributed by atoms with E-state index in [0.717, 1.165) is 11.3 Å². The summed E-state index contributed by atoms with van der Waals surface area (Å²) < 4.78 is 5.16. The van der Waals surface area contributed by atoms with Crippen molar-refractivity contribution in [2.45, 2.75) is 39.3 Å². The highest BCUT2D eigenvalue weighted by molar-refractivity contribution is 6.36. The van der Waals surface area contributed by atoms with E-state index in [-0.39, 0.29) is 24.8 Å². The minimum absolute atomic E-state index is 0.155. The van der Waals surface area contributed by atoms with Crippen molar-refractivity contribution in [3.05, 3.63) is 63.6 Å². The van der Waals surface area contributed by atoms with E-state index in [1.807, 2.05) is 26.0 Å². The largest absolute Gasteiger partial charge is 0.497 e. The quantitative estimate of drug-likeness (QED) is 0.629. The molecule has 156 valence electrons. The predicted octanol–water partition coefficient (Wildman–Crippen LogP) is 4.49. The van der Waals surface area contributed by atoms with Crippen LogP contribution < -0.4 is 10.1 Å². The molecule has 0 heterocycles. The summed E-state index contributed by atoms with van der Waals surface area (Å²) in [5, 5.41) is 3.74. The molecule has 1 atom stereocenters. The third kappa shape index (κ3) is 6.12. The average molecular weight is 437 g/mol. The second-order valence-electron chi connectivity index (χ2n) is 6.57. The molecule has 29 heavy (non-hydrogen) atoms. The first-order valence-corrected chi connectivity index (χ1v) is 10.3. The Labute approximate surface area is 181 Å². The van der Waals surface area contributed by atoms with E-state index in [2.05, 4.69) is 5.32 Å². The van der Waals surface area contributed by atoms with Gasteiger partial charge in [0.15, 0.2) is 0 Å². The van der Waals surface area contributed by atoms with Gasteiger partial charge in [-0.1, -0.05) is 48.3 Å². The summed E-state index contributed by atoms with van der Waals surface area (Å²) in [5.74, 6) is 0.347. The zero-order valence-corrected chi connectivity index (χ0v) is 18.4. The maximum absolute atomic E-state index is 13.2. The lowest BCUT2D eigenvalue weighted by atomic mass is 10.1. The minimum Gasteiger partial charge on any atom is -0.497 e. The van der Waals surface area contributed by atoms with Gasteiger partial charge in [0.1, 0.15) is 11.8 Å². The minimum atomic E-state index is -0.618. The highest BCUT2D eigenvalue weighted by Crippen LogP contribution is 2.27. The summed E-state index contributed by atoms with van der Waals surface area (Å²) in [6.45, 7) is 4.37.